The minimum atomic E-state index is -3.73. The van der Waals surface area contributed by atoms with E-state index in [1.54, 1.807) is 28.7 Å². The maximum Gasteiger partial charge on any atom is 0.263 e. The van der Waals surface area contributed by atoms with Gasteiger partial charge in [0.05, 0.1) is 17.6 Å². The van der Waals surface area contributed by atoms with Crippen molar-refractivity contribution in [2.24, 2.45) is 13.0 Å². The quantitative estimate of drug-likeness (QED) is 0.760. The number of fused-ring (bicyclic) bond motifs is 1. The molecule has 0 amide bonds. The van der Waals surface area contributed by atoms with Crippen molar-refractivity contribution in [1.29, 1.82) is 0 Å². The van der Waals surface area contributed by atoms with Crippen LogP contribution in [0.3, 0.4) is 0 Å². The van der Waals surface area contributed by atoms with Crippen molar-refractivity contribution >= 4 is 26.7 Å². The molecular weight excluding hydrogens is 328 g/mol. The van der Waals surface area contributed by atoms with Crippen LogP contribution in [0.25, 0.3) is 11.0 Å². The average Bonchev–Trinajstić information content (AvgIpc) is 3.03. The van der Waals surface area contributed by atoms with Crippen LogP contribution in [0.2, 0.25) is 0 Å². The van der Waals surface area contributed by atoms with Crippen LogP contribution in [0.4, 0.5) is 5.69 Å². The molecule has 0 bridgehead atoms. The Hall–Kier alpha value is -2.42. The molecule has 0 radical (unpaired) electrons. The van der Waals surface area contributed by atoms with Gasteiger partial charge in [0, 0.05) is 31.4 Å². The Morgan fingerprint density at radius 1 is 1.29 bits per heavy atom. The number of anilines is 1. The van der Waals surface area contributed by atoms with Gasteiger partial charge in [-0.25, -0.2) is 13.4 Å². The molecule has 9 heteroatoms. The Morgan fingerprint density at radius 3 is 2.75 bits per heavy atom. The first-order valence-electron chi connectivity index (χ1n) is 7.61. The summed E-state index contributed by atoms with van der Waals surface area (Å²) in [5, 5.41) is 9.13. The largest absolute Gasteiger partial charge is 0.276 e. The van der Waals surface area contributed by atoms with Crippen molar-refractivity contribution in [2.75, 3.05) is 4.72 Å². The number of nitrogens with zero attached hydrogens (tertiary/aromatic N) is 5. The average molecular weight is 348 g/mol. The minimum Gasteiger partial charge on any atom is -0.276 e. The number of hydrogen-bond donors (Lipinski definition) is 1. The van der Waals surface area contributed by atoms with E-state index in [1.807, 2.05) is 6.92 Å². The van der Waals surface area contributed by atoms with E-state index in [2.05, 4.69) is 33.8 Å². The zero-order chi connectivity index (χ0) is 17.5. The second-order valence-corrected chi connectivity index (χ2v) is 7.88. The Morgan fingerprint density at radius 2 is 2.04 bits per heavy atom. The molecule has 1 N–H and O–H groups in total. The van der Waals surface area contributed by atoms with Crippen LogP contribution in [0, 0.1) is 12.8 Å². The number of aromatic nitrogens is 5. The fourth-order valence-corrected chi connectivity index (χ4v) is 3.54. The molecule has 3 aromatic rings. The summed E-state index contributed by atoms with van der Waals surface area (Å²) in [4.78, 5) is 4.31. The molecule has 0 aromatic carbocycles. The van der Waals surface area contributed by atoms with Gasteiger partial charge in [0.1, 0.15) is 4.90 Å². The number of nitrogens with one attached hydrogen (secondary N) is 1. The number of rotatable bonds is 5. The van der Waals surface area contributed by atoms with Gasteiger partial charge in [-0.2, -0.15) is 10.2 Å². The summed E-state index contributed by atoms with van der Waals surface area (Å²) in [5.41, 5.74) is 1.82. The first-order valence-corrected chi connectivity index (χ1v) is 9.09. The van der Waals surface area contributed by atoms with Gasteiger partial charge in [-0.3, -0.25) is 14.1 Å². The van der Waals surface area contributed by atoms with Crippen LogP contribution in [-0.4, -0.2) is 33.0 Å². The summed E-state index contributed by atoms with van der Waals surface area (Å²) >= 11 is 0. The molecule has 0 saturated carbocycles. The Bertz CT molecular complexity index is 987. The van der Waals surface area contributed by atoms with Gasteiger partial charge in [-0.1, -0.05) is 13.8 Å². The molecule has 0 saturated heterocycles. The van der Waals surface area contributed by atoms with E-state index >= 15 is 0 Å². The van der Waals surface area contributed by atoms with Crippen LogP contribution in [0.1, 0.15) is 19.5 Å². The Labute approximate surface area is 140 Å². The van der Waals surface area contributed by atoms with Crippen molar-refractivity contribution in [3.05, 3.63) is 30.4 Å². The maximum absolute atomic E-state index is 12.6. The Kier molecular flexibility index (Phi) is 4.04. The molecule has 128 valence electrons. The summed E-state index contributed by atoms with van der Waals surface area (Å²) in [7, 11) is -1.95. The van der Waals surface area contributed by atoms with Crippen molar-refractivity contribution < 1.29 is 8.42 Å². The molecule has 0 fully saturated rings. The molecule has 8 nitrogen and oxygen atoms in total. The number of hydrogen-bond acceptors (Lipinski definition) is 5. The fourth-order valence-electron chi connectivity index (χ4n) is 2.54. The van der Waals surface area contributed by atoms with Gasteiger partial charge in [-0.05, 0) is 18.9 Å². The monoisotopic (exact) mass is 348 g/mol. The van der Waals surface area contributed by atoms with Crippen molar-refractivity contribution in [3.8, 4) is 0 Å². The third kappa shape index (κ3) is 3.12. The SMILES string of the molecule is Cc1nn(C)c2ncc(S(=O)(=O)Nc3cnn(CC(C)C)c3)cc12. The van der Waals surface area contributed by atoms with Crippen LogP contribution in [0.5, 0.6) is 0 Å². The summed E-state index contributed by atoms with van der Waals surface area (Å²) in [6, 6.07) is 1.59. The molecule has 0 unspecified atom stereocenters. The third-order valence-electron chi connectivity index (χ3n) is 3.59. The van der Waals surface area contributed by atoms with Crippen LogP contribution < -0.4 is 4.72 Å². The first-order chi connectivity index (χ1) is 11.3. The molecule has 3 rings (SSSR count). The second kappa shape index (κ2) is 5.90. The first kappa shape index (κ1) is 16.4. The highest BCUT2D eigenvalue weighted by atomic mass is 32.2. The molecule has 0 aliphatic heterocycles. The molecule has 0 spiro atoms. The van der Waals surface area contributed by atoms with Gasteiger partial charge in [-0.15, -0.1) is 0 Å². The van der Waals surface area contributed by atoms with Gasteiger partial charge in [0.2, 0.25) is 0 Å². The zero-order valence-corrected chi connectivity index (χ0v) is 14.9. The number of sulfonamides is 1. The van der Waals surface area contributed by atoms with E-state index in [1.165, 1.54) is 12.4 Å². The highest BCUT2D eigenvalue weighted by Crippen LogP contribution is 2.21. The van der Waals surface area contributed by atoms with E-state index in [9.17, 15) is 8.42 Å². The van der Waals surface area contributed by atoms with Crippen molar-refractivity contribution in [2.45, 2.75) is 32.2 Å². The number of pyridine rings is 1. The van der Waals surface area contributed by atoms with Crippen LogP contribution in [-0.2, 0) is 23.6 Å². The lowest BCUT2D eigenvalue weighted by Gasteiger charge is -2.06. The lowest BCUT2D eigenvalue weighted by Crippen LogP contribution is -2.13. The van der Waals surface area contributed by atoms with E-state index in [0.717, 1.165) is 17.6 Å². The molecule has 0 aliphatic carbocycles. The topological polar surface area (TPSA) is 94.7 Å². The number of aryl methyl sites for hydroxylation is 2. The normalized spacial score (nSPS) is 12.2. The molecule has 24 heavy (non-hydrogen) atoms. The van der Waals surface area contributed by atoms with Gasteiger partial charge in [0.25, 0.3) is 10.0 Å². The van der Waals surface area contributed by atoms with Crippen LogP contribution in [0.15, 0.2) is 29.6 Å². The smallest absolute Gasteiger partial charge is 0.263 e. The molecule has 0 aliphatic rings. The Balaban J connectivity index is 1.90. The highest BCUT2D eigenvalue weighted by Gasteiger charge is 2.18. The predicted octanol–water partition coefficient (Wildman–Crippen LogP) is 1.93. The van der Waals surface area contributed by atoms with Crippen molar-refractivity contribution in [3.63, 3.8) is 0 Å². The molecule has 0 atom stereocenters. The van der Waals surface area contributed by atoms with E-state index < -0.39 is 10.0 Å². The van der Waals surface area contributed by atoms with Crippen LogP contribution >= 0.6 is 0 Å². The fraction of sp³-hybridized carbons (Fsp3) is 0.400. The molecular formula is C15H20N6O2S. The standard InChI is InChI=1S/C15H20N6O2S/c1-10(2)8-21-9-12(6-17-21)19-24(22,23)13-5-14-11(3)18-20(4)15(14)16-7-13/h5-7,9-10,19H,8H2,1-4H3. The molecule has 3 aromatic heterocycles. The highest BCUT2D eigenvalue weighted by molar-refractivity contribution is 7.92. The van der Waals surface area contributed by atoms with Crippen molar-refractivity contribution in [1.82, 2.24) is 24.5 Å². The van der Waals surface area contributed by atoms with Gasteiger partial charge < -0.3 is 0 Å². The summed E-state index contributed by atoms with van der Waals surface area (Å²) in [6.45, 7) is 6.69. The minimum absolute atomic E-state index is 0.0997. The maximum atomic E-state index is 12.6. The second-order valence-electron chi connectivity index (χ2n) is 6.20. The summed E-state index contributed by atoms with van der Waals surface area (Å²) in [6.07, 6.45) is 4.52. The van der Waals surface area contributed by atoms with E-state index in [0.29, 0.717) is 17.3 Å². The lowest BCUT2D eigenvalue weighted by atomic mass is 10.2. The van der Waals surface area contributed by atoms with E-state index in [4.69, 9.17) is 0 Å². The van der Waals surface area contributed by atoms with Gasteiger partial charge in [0.15, 0.2) is 5.65 Å². The van der Waals surface area contributed by atoms with Gasteiger partial charge >= 0.3 is 0 Å². The predicted molar refractivity (Wildman–Crippen MR) is 91.1 cm³/mol. The van der Waals surface area contributed by atoms with E-state index in [-0.39, 0.29) is 4.90 Å². The summed E-state index contributed by atoms with van der Waals surface area (Å²) < 4.78 is 31.0. The lowest BCUT2D eigenvalue weighted by molar-refractivity contribution is 0.483. The third-order valence-corrected chi connectivity index (χ3v) is 4.93. The molecule has 3 heterocycles. The summed E-state index contributed by atoms with van der Waals surface area (Å²) in [5.74, 6) is 0.425. The zero-order valence-electron chi connectivity index (χ0n) is 14.1.